The Kier molecular flexibility index (Phi) is 4.27. The third kappa shape index (κ3) is 2.77. The lowest BCUT2D eigenvalue weighted by Gasteiger charge is -2.28. The fourth-order valence-corrected chi connectivity index (χ4v) is 3.48. The number of phenolic OH excluding ortho intramolecular Hbond substituents is 1. The number of ether oxygens (including phenoxy) is 2. The Morgan fingerprint density at radius 2 is 1.93 bits per heavy atom. The predicted molar refractivity (Wildman–Crippen MR) is 103 cm³/mol. The van der Waals surface area contributed by atoms with E-state index in [1.165, 1.54) is 12.1 Å². The maximum absolute atomic E-state index is 13.0. The van der Waals surface area contributed by atoms with Gasteiger partial charge in [-0.15, -0.1) is 0 Å². The first-order chi connectivity index (χ1) is 13.5. The van der Waals surface area contributed by atoms with E-state index in [0.29, 0.717) is 22.2 Å². The number of H-pyrrole nitrogens is 1. The fraction of sp³-hybridized carbons (Fsp3) is 0.143. The molecule has 0 fully saturated rings. The molecule has 0 bridgehead atoms. The summed E-state index contributed by atoms with van der Waals surface area (Å²) < 4.78 is 10.9. The van der Waals surface area contributed by atoms with E-state index in [1.807, 2.05) is 6.07 Å². The molecule has 0 saturated heterocycles. The smallest absolute Gasteiger partial charge is 0.340 e. The van der Waals surface area contributed by atoms with Gasteiger partial charge in [0.1, 0.15) is 17.1 Å². The number of phenols is 1. The Morgan fingerprint density at radius 3 is 2.64 bits per heavy atom. The van der Waals surface area contributed by atoms with Crippen LogP contribution in [0, 0.1) is 0 Å². The van der Waals surface area contributed by atoms with E-state index < -0.39 is 11.9 Å². The number of aromatic nitrogens is 1. The van der Waals surface area contributed by atoms with Crippen LogP contribution in [-0.2, 0) is 9.53 Å². The van der Waals surface area contributed by atoms with E-state index in [1.54, 1.807) is 37.3 Å². The second-order valence-electron chi connectivity index (χ2n) is 6.37. The molecule has 1 unspecified atom stereocenters. The Hall–Kier alpha value is -3.74. The molecule has 3 aromatic rings. The normalized spacial score (nSPS) is 15.8. The molecule has 7 heteroatoms. The highest BCUT2D eigenvalue weighted by atomic mass is 16.5. The summed E-state index contributed by atoms with van der Waals surface area (Å²) in [6, 6.07) is 13.4. The summed E-state index contributed by atoms with van der Waals surface area (Å²) >= 11 is 0. The van der Waals surface area contributed by atoms with Gasteiger partial charge in [0, 0.05) is 5.39 Å². The molecular formula is C21H18N2O5. The molecule has 1 atom stereocenters. The predicted octanol–water partition coefficient (Wildman–Crippen LogP) is 2.49. The lowest BCUT2D eigenvalue weighted by atomic mass is 9.83. The number of aromatic hydroxyl groups is 1. The number of aromatic amines is 1. The van der Waals surface area contributed by atoms with Crippen molar-refractivity contribution in [1.82, 2.24) is 4.98 Å². The average Bonchev–Trinajstić information content (AvgIpc) is 2.68. The van der Waals surface area contributed by atoms with Gasteiger partial charge >= 0.3 is 5.97 Å². The zero-order valence-electron chi connectivity index (χ0n) is 15.1. The van der Waals surface area contributed by atoms with Crippen LogP contribution < -0.4 is 16.0 Å². The number of para-hydroxylation sites is 1. The van der Waals surface area contributed by atoms with Crippen molar-refractivity contribution in [3.8, 4) is 11.5 Å². The molecule has 1 aromatic heterocycles. The molecule has 0 spiro atoms. The number of esters is 1. The van der Waals surface area contributed by atoms with Crippen LogP contribution in [0.4, 0.5) is 0 Å². The minimum Gasteiger partial charge on any atom is -0.508 e. The van der Waals surface area contributed by atoms with Gasteiger partial charge in [-0.1, -0.05) is 24.3 Å². The van der Waals surface area contributed by atoms with E-state index in [2.05, 4.69) is 4.98 Å². The summed E-state index contributed by atoms with van der Waals surface area (Å²) in [4.78, 5) is 28.4. The first-order valence-corrected chi connectivity index (χ1v) is 8.79. The second kappa shape index (κ2) is 6.77. The third-order valence-electron chi connectivity index (χ3n) is 4.69. The van der Waals surface area contributed by atoms with Crippen molar-refractivity contribution in [3.05, 3.63) is 81.5 Å². The topological polar surface area (TPSA) is 115 Å². The molecule has 2 aromatic carbocycles. The number of fused-ring (bicyclic) bond motifs is 3. The van der Waals surface area contributed by atoms with Crippen molar-refractivity contribution in [2.24, 2.45) is 5.73 Å². The molecule has 2 heterocycles. The van der Waals surface area contributed by atoms with Crippen molar-refractivity contribution in [3.63, 3.8) is 0 Å². The number of nitrogens with two attached hydrogens (primary N) is 1. The third-order valence-corrected chi connectivity index (χ3v) is 4.69. The maximum Gasteiger partial charge on any atom is 0.340 e. The van der Waals surface area contributed by atoms with Crippen LogP contribution >= 0.6 is 0 Å². The standard InChI is InChI=1S/C21H18N2O5/c1-2-27-21(26)17-15(11-7-9-12(24)10-8-11)16-18(28-19(17)22)13-5-3-4-6-14(13)23-20(16)25/h3-10,15,24H,2,22H2,1H3,(H,23,25). The zero-order valence-corrected chi connectivity index (χ0v) is 15.1. The van der Waals surface area contributed by atoms with Crippen LogP contribution in [0.15, 0.2) is 64.8 Å². The van der Waals surface area contributed by atoms with Crippen LogP contribution in [0.2, 0.25) is 0 Å². The molecule has 7 nitrogen and oxygen atoms in total. The number of benzene rings is 2. The Morgan fingerprint density at radius 1 is 1.21 bits per heavy atom. The fourth-order valence-electron chi connectivity index (χ4n) is 3.48. The lowest BCUT2D eigenvalue weighted by Crippen LogP contribution is -2.32. The van der Waals surface area contributed by atoms with E-state index in [0.717, 1.165) is 0 Å². The summed E-state index contributed by atoms with van der Waals surface area (Å²) in [6.07, 6.45) is 0. The SMILES string of the molecule is CCOC(=O)C1=C(N)Oc2c(c(=O)[nH]c3ccccc23)C1c1ccc(O)cc1. The molecule has 0 aliphatic carbocycles. The average molecular weight is 378 g/mol. The molecule has 0 amide bonds. The van der Waals surface area contributed by atoms with Gasteiger partial charge in [-0.25, -0.2) is 4.79 Å². The van der Waals surface area contributed by atoms with Crippen LogP contribution in [0.1, 0.15) is 24.0 Å². The van der Waals surface area contributed by atoms with Crippen LogP contribution in [0.5, 0.6) is 11.5 Å². The Bertz CT molecular complexity index is 1160. The molecule has 1 aliphatic rings. The minimum atomic E-state index is -0.795. The highest BCUT2D eigenvalue weighted by Crippen LogP contribution is 2.43. The number of pyridine rings is 1. The van der Waals surface area contributed by atoms with Crippen molar-refractivity contribution in [1.29, 1.82) is 0 Å². The Balaban J connectivity index is 2.03. The molecule has 4 rings (SSSR count). The number of hydrogen-bond donors (Lipinski definition) is 3. The van der Waals surface area contributed by atoms with E-state index in [-0.39, 0.29) is 34.9 Å². The summed E-state index contributed by atoms with van der Waals surface area (Å²) in [7, 11) is 0. The molecule has 4 N–H and O–H groups in total. The van der Waals surface area contributed by atoms with Crippen LogP contribution in [0.3, 0.4) is 0 Å². The number of rotatable bonds is 3. The molecule has 0 radical (unpaired) electrons. The summed E-state index contributed by atoms with van der Waals surface area (Å²) in [5.41, 5.74) is 7.26. The van der Waals surface area contributed by atoms with Gasteiger partial charge in [-0.2, -0.15) is 0 Å². The number of carbonyl (C=O) groups is 1. The molecule has 0 saturated carbocycles. The van der Waals surface area contributed by atoms with Crippen LogP contribution in [0.25, 0.3) is 10.9 Å². The van der Waals surface area contributed by atoms with Gasteiger partial charge in [-0.05, 0) is 36.8 Å². The summed E-state index contributed by atoms with van der Waals surface area (Å²) in [5, 5.41) is 10.3. The largest absolute Gasteiger partial charge is 0.508 e. The van der Waals surface area contributed by atoms with Crippen molar-refractivity contribution < 1.29 is 19.4 Å². The first-order valence-electron chi connectivity index (χ1n) is 8.79. The summed E-state index contributed by atoms with van der Waals surface area (Å²) in [5.74, 6) is -1.19. The molecule has 28 heavy (non-hydrogen) atoms. The monoisotopic (exact) mass is 378 g/mol. The van der Waals surface area contributed by atoms with Gasteiger partial charge in [-0.3, -0.25) is 4.79 Å². The lowest BCUT2D eigenvalue weighted by molar-refractivity contribution is -0.139. The number of hydrogen-bond acceptors (Lipinski definition) is 6. The molecule has 142 valence electrons. The second-order valence-corrected chi connectivity index (χ2v) is 6.37. The first kappa shape index (κ1) is 17.7. The van der Waals surface area contributed by atoms with Gasteiger partial charge in [0.15, 0.2) is 0 Å². The Labute approximate surface area is 160 Å². The van der Waals surface area contributed by atoms with Gasteiger partial charge in [0.25, 0.3) is 5.56 Å². The van der Waals surface area contributed by atoms with Gasteiger partial charge in [0.05, 0.1) is 23.6 Å². The van der Waals surface area contributed by atoms with Gasteiger partial charge in [0.2, 0.25) is 5.88 Å². The quantitative estimate of drug-likeness (QED) is 0.603. The van der Waals surface area contributed by atoms with Crippen molar-refractivity contribution >= 4 is 16.9 Å². The maximum atomic E-state index is 13.0. The number of nitrogens with one attached hydrogen (secondary N) is 1. The van der Waals surface area contributed by atoms with Gasteiger partial charge < -0.3 is 25.3 Å². The number of carbonyl (C=O) groups excluding carboxylic acids is 1. The van der Waals surface area contributed by atoms with E-state index in [4.69, 9.17) is 15.2 Å². The zero-order chi connectivity index (χ0) is 19.8. The highest BCUT2D eigenvalue weighted by molar-refractivity contribution is 5.95. The van der Waals surface area contributed by atoms with Crippen molar-refractivity contribution in [2.45, 2.75) is 12.8 Å². The van der Waals surface area contributed by atoms with E-state index >= 15 is 0 Å². The highest BCUT2D eigenvalue weighted by Gasteiger charge is 2.38. The van der Waals surface area contributed by atoms with Crippen LogP contribution in [-0.4, -0.2) is 22.7 Å². The van der Waals surface area contributed by atoms with Crippen molar-refractivity contribution in [2.75, 3.05) is 6.61 Å². The van der Waals surface area contributed by atoms with E-state index in [9.17, 15) is 14.7 Å². The molecular weight excluding hydrogens is 360 g/mol. The molecule has 1 aliphatic heterocycles. The minimum absolute atomic E-state index is 0.0563. The summed E-state index contributed by atoms with van der Waals surface area (Å²) in [6.45, 7) is 1.83.